The van der Waals surface area contributed by atoms with Gasteiger partial charge < -0.3 is 14.4 Å². The van der Waals surface area contributed by atoms with E-state index in [0.29, 0.717) is 22.3 Å². The van der Waals surface area contributed by atoms with Gasteiger partial charge in [-0.2, -0.15) is 0 Å². The highest BCUT2D eigenvalue weighted by Crippen LogP contribution is 2.29. The van der Waals surface area contributed by atoms with Crippen LogP contribution in [0.5, 0.6) is 5.75 Å². The summed E-state index contributed by atoms with van der Waals surface area (Å²) in [6.07, 6.45) is 2.09. The van der Waals surface area contributed by atoms with Crippen LogP contribution in [0.2, 0.25) is 10.0 Å². The molecule has 1 fully saturated rings. The summed E-state index contributed by atoms with van der Waals surface area (Å²) in [5, 5.41) is 0.856. The third-order valence-electron chi connectivity index (χ3n) is 3.34. The smallest absolute Gasteiger partial charge is 0.307 e. The molecule has 1 aliphatic rings. The molecule has 22 heavy (non-hydrogen) atoms. The maximum absolute atomic E-state index is 12.3. The fraction of sp³-hybridized carbons (Fsp3) is 0.467. The van der Waals surface area contributed by atoms with Crippen molar-refractivity contribution in [2.24, 2.45) is 0 Å². The SMILES string of the molecule is COC(=O)CCN(C(=O)COc1ccc(Cl)cc1Cl)C1CC1. The normalized spacial score (nSPS) is 13.6. The molecule has 0 heterocycles. The number of benzene rings is 1. The Morgan fingerprint density at radius 2 is 2.05 bits per heavy atom. The highest BCUT2D eigenvalue weighted by atomic mass is 35.5. The van der Waals surface area contributed by atoms with Crippen LogP contribution in [0.3, 0.4) is 0 Å². The molecule has 0 aromatic heterocycles. The summed E-state index contributed by atoms with van der Waals surface area (Å²) in [4.78, 5) is 25.1. The van der Waals surface area contributed by atoms with Gasteiger partial charge in [-0.1, -0.05) is 23.2 Å². The van der Waals surface area contributed by atoms with Gasteiger partial charge in [0.25, 0.3) is 5.91 Å². The predicted octanol–water partition coefficient (Wildman–Crippen LogP) is 2.93. The molecule has 5 nitrogen and oxygen atoms in total. The Labute approximate surface area is 139 Å². The molecule has 1 aromatic carbocycles. The highest BCUT2D eigenvalue weighted by Gasteiger charge is 2.32. The van der Waals surface area contributed by atoms with Crippen molar-refractivity contribution in [2.75, 3.05) is 20.3 Å². The third-order valence-corrected chi connectivity index (χ3v) is 3.87. The number of hydrogen-bond donors (Lipinski definition) is 0. The van der Waals surface area contributed by atoms with Gasteiger partial charge in [-0.3, -0.25) is 9.59 Å². The van der Waals surface area contributed by atoms with Crippen LogP contribution in [0.1, 0.15) is 19.3 Å². The summed E-state index contributed by atoms with van der Waals surface area (Å²) in [6, 6.07) is 5.01. The van der Waals surface area contributed by atoms with E-state index >= 15 is 0 Å². The molecular formula is C15H17Cl2NO4. The first-order chi connectivity index (χ1) is 10.5. The minimum Gasteiger partial charge on any atom is -0.482 e. The summed E-state index contributed by atoms with van der Waals surface area (Å²) in [5.74, 6) is -0.0966. The van der Waals surface area contributed by atoms with E-state index in [1.54, 1.807) is 23.1 Å². The number of methoxy groups -OCH3 is 1. The van der Waals surface area contributed by atoms with Gasteiger partial charge in [-0.25, -0.2) is 0 Å². The zero-order valence-electron chi connectivity index (χ0n) is 12.2. The highest BCUT2D eigenvalue weighted by molar-refractivity contribution is 6.35. The number of carbonyl (C=O) groups is 2. The van der Waals surface area contributed by atoms with E-state index in [0.717, 1.165) is 12.8 Å². The second-order valence-corrected chi connectivity index (χ2v) is 5.85. The van der Waals surface area contributed by atoms with E-state index < -0.39 is 0 Å². The summed E-state index contributed by atoms with van der Waals surface area (Å²) in [5.41, 5.74) is 0. The van der Waals surface area contributed by atoms with Crippen LogP contribution in [0.25, 0.3) is 0 Å². The number of hydrogen-bond acceptors (Lipinski definition) is 4. The maximum atomic E-state index is 12.3. The molecule has 7 heteroatoms. The van der Waals surface area contributed by atoms with Crippen molar-refractivity contribution in [3.63, 3.8) is 0 Å². The summed E-state index contributed by atoms with van der Waals surface area (Å²) >= 11 is 11.8. The molecule has 2 rings (SSSR count). The Morgan fingerprint density at radius 1 is 1.32 bits per heavy atom. The van der Waals surface area contributed by atoms with E-state index in [4.69, 9.17) is 27.9 Å². The van der Waals surface area contributed by atoms with Gasteiger partial charge in [0.1, 0.15) is 5.75 Å². The number of rotatable bonds is 7. The van der Waals surface area contributed by atoms with Crippen LogP contribution in [0, 0.1) is 0 Å². The molecular weight excluding hydrogens is 329 g/mol. The maximum Gasteiger partial charge on any atom is 0.307 e. The number of carbonyl (C=O) groups excluding carboxylic acids is 2. The van der Waals surface area contributed by atoms with Crippen molar-refractivity contribution < 1.29 is 19.1 Å². The Balaban J connectivity index is 1.89. The molecule has 120 valence electrons. The van der Waals surface area contributed by atoms with Gasteiger partial charge >= 0.3 is 5.97 Å². The molecule has 0 bridgehead atoms. The second kappa shape index (κ2) is 7.70. The first-order valence-electron chi connectivity index (χ1n) is 6.95. The van der Waals surface area contributed by atoms with Crippen molar-refractivity contribution in [1.82, 2.24) is 4.90 Å². The van der Waals surface area contributed by atoms with E-state index in [1.165, 1.54) is 7.11 Å². The van der Waals surface area contributed by atoms with Crippen molar-refractivity contribution in [1.29, 1.82) is 0 Å². The summed E-state index contributed by atoms with van der Waals surface area (Å²) in [6.45, 7) is 0.215. The molecule has 1 aromatic rings. The van der Waals surface area contributed by atoms with Crippen LogP contribution >= 0.6 is 23.2 Å². The monoisotopic (exact) mass is 345 g/mol. The third kappa shape index (κ3) is 4.78. The zero-order valence-corrected chi connectivity index (χ0v) is 13.7. The quantitative estimate of drug-likeness (QED) is 0.713. The molecule has 1 aliphatic carbocycles. The first-order valence-corrected chi connectivity index (χ1v) is 7.71. The molecule has 1 saturated carbocycles. The number of halogens is 2. The number of nitrogens with zero attached hydrogens (tertiary/aromatic N) is 1. The Hall–Kier alpha value is -1.46. The fourth-order valence-electron chi connectivity index (χ4n) is 2.03. The van der Waals surface area contributed by atoms with Crippen LogP contribution < -0.4 is 4.74 Å². The van der Waals surface area contributed by atoms with Gasteiger partial charge in [0.2, 0.25) is 0 Å². The van der Waals surface area contributed by atoms with Crippen LogP contribution in [-0.4, -0.2) is 43.1 Å². The van der Waals surface area contributed by atoms with Gasteiger partial charge in [-0.15, -0.1) is 0 Å². The average molecular weight is 346 g/mol. The van der Waals surface area contributed by atoms with Gasteiger partial charge in [0.15, 0.2) is 6.61 Å². The number of esters is 1. The molecule has 0 radical (unpaired) electrons. The summed E-state index contributed by atoms with van der Waals surface area (Å²) in [7, 11) is 1.33. The lowest BCUT2D eigenvalue weighted by Crippen LogP contribution is -2.38. The topological polar surface area (TPSA) is 55.8 Å². The molecule has 0 spiro atoms. The number of ether oxygens (including phenoxy) is 2. The standard InChI is InChI=1S/C15H17Cl2NO4/c1-21-15(20)6-7-18(11-3-4-11)14(19)9-22-13-5-2-10(16)8-12(13)17/h2,5,8,11H,3-4,6-7,9H2,1H3. The fourth-order valence-corrected chi connectivity index (χ4v) is 2.49. The van der Waals surface area contributed by atoms with Gasteiger partial charge in [0.05, 0.1) is 18.6 Å². The van der Waals surface area contributed by atoms with E-state index in [9.17, 15) is 9.59 Å². The molecule has 0 N–H and O–H groups in total. The lowest BCUT2D eigenvalue weighted by atomic mass is 10.3. The molecule has 1 amide bonds. The van der Waals surface area contributed by atoms with Crippen LogP contribution in [0.15, 0.2) is 18.2 Å². The largest absolute Gasteiger partial charge is 0.482 e. The Kier molecular flexibility index (Phi) is 5.91. The van der Waals surface area contributed by atoms with Crippen LogP contribution in [-0.2, 0) is 14.3 Å². The molecule has 0 aliphatic heterocycles. The van der Waals surface area contributed by atoms with E-state index in [2.05, 4.69) is 4.74 Å². The second-order valence-electron chi connectivity index (χ2n) is 5.01. The zero-order chi connectivity index (χ0) is 16.1. The number of amides is 1. The first kappa shape index (κ1) is 16.9. The van der Waals surface area contributed by atoms with Gasteiger partial charge in [-0.05, 0) is 31.0 Å². The van der Waals surface area contributed by atoms with Crippen molar-refractivity contribution in [2.45, 2.75) is 25.3 Å². The lowest BCUT2D eigenvalue weighted by Gasteiger charge is -2.22. The predicted molar refractivity (Wildman–Crippen MR) is 83.3 cm³/mol. The molecule has 0 atom stereocenters. The van der Waals surface area contributed by atoms with Gasteiger partial charge in [0, 0.05) is 17.6 Å². The minimum atomic E-state index is -0.333. The molecule has 0 unspecified atom stereocenters. The molecule has 0 saturated heterocycles. The minimum absolute atomic E-state index is 0.126. The van der Waals surface area contributed by atoms with Crippen molar-refractivity contribution in [3.05, 3.63) is 28.2 Å². The Morgan fingerprint density at radius 3 is 2.64 bits per heavy atom. The lowest BCUT2D eigenvalue weighted by molar-refractivity contribution is -0.142. The average Bonchev–Trinajstić information content (AvgIpc) is 3.31. The Bertz CT molecular complexity index is 560. The van der Waals surface area contributed by atoms with E-state index in [-0.39, 0.29) is 30.9 Å². The van der Waals surface area contributed by atoms with E-state index in [1.807, 2.05) is 0 Å². The van der Waals surface area contributed by atoms with Crippen molar-refractivity contribution in [3.8, 4) is 5.75 Å². The summed E-state index contributed by atoms with van der Waals surface area (Å²) < 4.78 is 10.0. The van der Waals surface area contributed by atoms with Crippen molar-refractivity contribution >= 4 is 35.1 Å². The van der Waals surface area contributed by atoms with Crippen LogP contribution in [0.4, 0.5) is 0 Å².